The molecule has 1 amide bonds. The Bertz CT molecular complexity index is 808. The summed E-state index contributed by atoms with van der Waals surface area (Å²) in [5.74, 6) is -0.256. The lowest BCUT2D eigenvalue weighted by molar-refractivity contribution is -0.122. The smallest absolute Gasteiger partial charge is 0.342 e. The molecule has 27 heavy (non-hydrogen) atoms. The van der Waals surface area contributed by atoms with Gasteiger partial charge in [-0.3, -0.25) is 9.78 Å². The first kappa shape index (κ1) is 18.2. The fraction of sp³-hybridized carbons (Fsp3) is 0.476. The maximum atomic E-state index is 13.0. The van der Waals surface area contributed by atoms with Crippen LogP contribution < -0.4 is 5.32 Å². The molecule has 2 saturated carbocycles. The van der Waals surface area contributed by atoms with Gasteiger partial charge < -0.3 is 10.1 Å². The Morgan fingerprint density at radius 2 is 1.78 bits per heavy atom. The molecular weight excluding hydrogens is 360 g/mol. The summed E-state index contributed by atoms with van der Waals surface area (Å²) in [5.41, 5.74) is 2.18. The number of hydrogen-bond donors (Lipinski definition) is 1. The third kappa shape index (κ3) is 4.05. The van der Waals surface area contributed by atoms with Crippen LogP contribution in [-0.2, 0) is 9.53 Å². The fourth-order valence-corrected chi connectivity index (χ4v) is 4.63. The number of rotatable bonds is 5. The monoisotopic (exact) mass is 384 g/mol. The van der Waals surface area contributed by atoms with Crippen molar-refractivity contribution in [2.45, 2.75) is 57.5 Å². The van der Waals surface area contributed by atoms with Gasteiger partial charge in [-0.1, -0.05) is 12.8 Å². The van der Waals surface area contributed by atoms with E-state index < -0.39 is 0 Å². The average Bonchev–Trinajstić information content (AvgIpc) is 3.05. The molecule has 2 aliphatic rings. The van der Waals surface area contributed by atoms with Crippen molar-refractivity contribution in [1.29, 1.82) is 0 Å². The molecule has 0 aliphatic heterocycles. The zero-order chi connectivity index (χ0) is 18.6. The molecule has 0 aromatic carbocycles. The van der Waals surface area contributed by atoms with Crippen LogP contribution in [0.1, 0.15) is 61.7 Å². The van der Waals surface area contributed by atoms with Crippen molar-refractivity contribution in [2.75, 3.05) is 5.32 Å². The lowest BCUT2D eigenvalue weighted by atomic mass is 9.85. The number of thiophene rings is 1. The van der Waals surface area contributed by atoms with E-state index in [0.717, 1.165) is 56.1 Å². The Kier molecular flexibility index (Phi) is 5.53. The average molecular weight is 385 g/mol. The van der Waals surface area contributed by atoms with Crippen LogP contribution in [0.4, 0.5) is 5.00 Å². The highest BCUT2D eigenvalue weighted by Gasteiger charge is 2.29. The summed E-state index contributed by atoms with van der Waals surface area (Å²) in [4.78, 5) is 29.5. The van der Waals surface area contributed by atoms with Crippen molar-refractivity contribution in [3.05, 3.63) is 35.5 Å². The number of carbonyl (C=O) groups is 2. The van der Waals surface area contributed by atoms with Crippen LogP contribution in [0, 0.1) is 5.92 Å². The number of ether oxygens (including phenoxy) is 1. The highest BCUT2D eigenvalue weighted by Crippen LogP contribution is 2.38. The molecule has 0 spiro atoms. The summed E-state index contributed by atoms with van der Waals surface area (Å²) >= 11 is 1.39. The van der Waals surface area contributed by atoms with Crippen LogP contribution >= 0.6 is 11.3 Å². The maximum Gasteiger partial charge on any atom is 0.342 e. The molecule has 1 N–H and O–H groups in total. The minimum absolute atomic E-state index is 0.0103. The van der Waals surface area contributed by atoms with E-state index in [-0.39, 0.29) is 23.9 Å². The summed E-state index contributed by atoms with van der Waals surface area (Å²) in [6.07, 6.45) is 11.6. The van der Waals surface area contributed by atoms with Crippen molar-refractivity contribution in [1.82, 2.24) is 4.98 Å². The second kappa shape index (κ2) is 8.21. The van der Waals surface area contributed by atoms with E-state index >= 15 is 0 Å². The van der Waals surface area contributed by atoms with Crippen molar-refractivity contribution < 1.29 is 14.3 Å². The van der Waals surface area contributed by atoms with Gasteiger partial charge in [0.25, 0.3) is 0 Å². The zero-order valence-corrected chi connectivity index (χ0v) is 16.1. The van der Waals surface area contributed by atoms with Gasteiger partial charge in [0.05, 0.1) is 0 Å². The number of hydrogen-bond acceptors (Lipinski definition) is 5. The van der Waals surface area contributed by atoms with Crippen LogP contribution in [-0.4, -0.2) is 23.0 Å². The van der Waals surface area contributed by atoms with Crippen molar-refractivity contribution in [3.63, 3.8) is 0 Å². The summed E-state index contributed by atoms with van der Waals surface area (Å²) < 4.78 is 5.82. The summed E-state index contributed by atoms with van der Waals surface area (Å²) in [5, 5.41) is 5.50. The summed E-state index contributed by atoms with van der Waals surface area (Å²) in [6.45, 7) is 0. The number of nitrogens with one attached hydrogen (secondary N) is 1. The Labute approximate surface area is 163 Å². The fourth-order valence-electron chi connectivity index (χ4n) is 3.67. The Balaban J connectivity index is 1.61. The number of esters is 1. The topological polar surface area (TPSA) is 68.3 Å². The molecule has 6 heteroatoms. The highest BCUT2D eigenvalue weighted by atomic mass is 32.1. The molecule has 2 aliphatic carbocycles. The first-order chi connectivity index (χ1) is 13.2. The Hall–Kier alpha value is -2.21. The zero-order valence-electron chi connectivity index (χ0n) is 15.3. The van der Waals surface area contributed by atoms with Gasteiger partial charge in [0.2, 0.25) is 5.91 Å². The Morgan fingerprint density at radius 1 is 1.04 bits per heavy atom. The third-order valence-electron chi connectivity index (χ3n) is 5.53. The van der Waals surface area contributed by atoms with E-state index in [2.05, 4.69) is 10.3 Å². The van der Waals surface area contributed by atoms with Gasteiger partial charge in [0.15, 0.2) is 0 Å². The van der Waals surface area contributed by atoms with Crippen molar-refractivity contribution >= 4 is 28.2 Å². The van der Waals surface area contributed by atoms with Gasteiger partial charge in [0.1, 0.15) is 16.7 Å². The van der Waals surface area contributed by atoms with E-state index in [0.29, 0.717) is 10.6 Å². The number of aromatic nitrogens is 1. The first-order valence-electron chi connectivity index (χ1n) is 9.76. The molecule has 0 radical (unpaired) electrons. The highest BCUT2D eigenvalue weighted by molar-refractivity contribution is 7.15. The largest absolute Gasteiger partial charge is 0.459 e. The summed E-state index contributed by atoms with van der Waals surface area (Å²) in [6, 6.07) is 3.74. The van der Waals surface area contributed by atoms with Gasteiger partial charge >= 0.3 is 5.97 Å². The number of nitrogens with zero attached hydrogens (tertiary/aromatic N) is 1. The molecule has 2 fully saturated rings. The minimum atomic E-state index is -0.334. The number of amides is 1. The number of pyridine rings is 1. The molecule has 2 heterocycles. The van der Waals surface area contributed by atoms with Gasteiger partial charge in [-0.05, 0) is 56.2 Å². The van der Waals surface area contributed by atoms with E-state index in [1.807, 2.05) is 17.5 Å². The first-order valence-corrected chi connectivity index (χ1v) is 10.6. The van der Waals surface area contributed by atoms with E-state index in [4.69, 9.17) is 4.74 Å². The summed E-state index contributed by atoms with van der Waals surface area (Å²) in [7, 11) is 0. The molecule has 0 unspecified atom stereocenters. The molecule has 2 aromatic rings. The van der Waals surface area contributed by atoms with Crippen LogP contribution in [0.3, 0.4) is 0 Å². The second-order valence-electron chi connectivity index (χ2n) is 7.37. The van der Waals surface area contributed by atoms with Gasteiger partial charge in [-0.2, -0.15) is 0 Å². The normalized spacial score (nSPS) is 17.9. The molecule has 5 nitrogen and oxygen atoms in total. The van der Waals surface area contributed by atoms with E-state index in [1.54, 1.807) is 12.4 Å². The molecule has 2 aromatic heterocycles. The molecule has 0 atom stereocenters. The maximum absolute atomic E-state index is 13.0. The van der Waals surface area contributed by atoms with Crippen LogP contribution in [0.15, 0.2) is 29.9 Å². The standard InChI is InChI=1S/C21H24N2O3S/c24-19(15-5-4-6-15)23-20-18(21(25)26-16-7-2-1-3-8-16)17(13-27-20)14-9-11-22-12-10-14/h9-13,15-16H,1-8H2,(H,23,24). The van der Waals surface area contributed by atoms with Crippen molar-refractivity contribution in [3.8, 4) is 11.1 Å². The molecule has 0 saturated heterocycles. The lowest BCUT2D eigenvalue weighted by Gasteiger charge is -2.24. The SMILES string of the molecule is O=C(OC1CCCCC1)c1c(-c2ccncc2)csc1NC(=O)C1CCC1. The van der Waals surface area contributed by atoms with E-state index in [1.165, 1.54) is 17.8 Å². The van der Waals surface area contributed by atoms with Gasteiger partial charge in [-0.15, -0.1) is 11.3 Å². The third-order valence-corrected chi connectivity index (χ3v) is 6.42. The Morgan fingerprint density at radius 3 is 2.44 bits per heavy atom. The molecule has 0 bridgehead atoms. The van der Waals surface area contributed by atoms with Crippen LogP contribution in [0.2, 0.25) is 0 Å². The quantitative estimate of drug-likeness (QED) is 0.734. The lowest BCUT2D eigenvalue weighted by Crippen LogP contribution is -2.28. The minimum Gasteiger partial charge on any atom is -0.459 e. The van der Waals surface area contributed by atoms with Crippen LogP contribution in [0.25, 0.3) is 11.1 Å². The molecule has 4 rings (SSSR count). The number of anilines is 1. The second-order valence-corrected chi connectivity index (χ2v) is 8.25. The molecular formula is C21H24N2O3S. The van der Waals surface area contributed by atoms with E-state index in [9.17, 15) is 9.59 Å². The predicted octanol–water partition coefficient (Wildman–Crippen LogP) is 5.04. The molecule has 142 valence electrons. The van der Waals surface area contributed by atoms with Gasteiger partial charge in [-0.25, -0.2) is 4.79 Å². The number of carbonyl (C=O) groups excluding carboxylic acids is 2. The van der Waals surface area contributed by atoms with Crippen LogP contribution in [0.5, 0.6) is 0 Å². The predicted molar refractivity (Wildman–Crippen MR) is 106 cm³/mol. The van der Waals surface area contributed by atoms with Gasteiger partial charge in [0, 0.05) is 29.3 Å². The van der Waals surface area contributed by atoms with Crippen molar-refractivity contribution in [2.24, 2.45) is 5.92 Å².